The number of hydrogen-bond acceptors (Lipinski definition) is 5. The van der Waals surface area contributed by atoms with E-state index in [1.54, 1.807) is 19.1 Å². The molecule has 2 aromatic rings. The van der Waals surface area contributed by atoms with E-state index in [0.29, 0.717) is 43.2 Å². The largest absolute Gasteiger partial charge is 0.379 e. The number of aryl methyl sites for hydroxylation is 1. The molecule has 7 nitrogen and oxygen atoms in total. The van der Waals surface area contributed by atoms with Crippen molar-refractivity contribution in [3.8, 4) is 0 Å². The van der Waals surface area contributed by atoms with Crippen molar-refractivity contribution in [1.82, 2.24) is 4.31 Å². The molecule has 0 aliphatic carbocycles. The fourth-order valence-electron chi connectivity index (χ4n) is 2.88. The first-order chi connectivity index (χ1) is 13.8. The summed E-state index contributed by atoms with van der Waals surface area (Å²) in [5.41, 5.74) is 1.40. The Morgan fingerprint density at radius 3 is 2.62 bits per heavy atom. The van der Waals surface area contributed by atoms with E-state index in [9.17, 15) is 17.6 Å². The SMILES string of the molecule is Cc1ccc(NCC(=O)Nc2ccc(F)cc2Cl)cc1S(=O)(=O)N1CCOCC1. The molecule has 1 amide bonds. The molecule has 10 heteroatoms. The van der Waals surface area contributed by atoms with Gasteiger partial charge in [-0.05, 0) is 42.8 Å². The van der Waals surface area contributed by atoms with Crippen LogP contribution in [0.4, 0.5) is 15.8 Å². The highest BCUT2D eigenvalue weighted by Crippen LogP contribution is 2.25. The number of rotatable bonds is 6. The highest BCUT2D eigenvalue weighted by atomic mass is 35.5. The highest BCUT2D eigenvalue weighted by Gasteiger charge is 2.28. The average Bonchev–Trinajstić information content (AvgIpc) is 2.70. The second kappa shape index (κ2) is 9.08. The molecule has 1 heterocycles. The van der Waals surface area contributed by atoms with E-state index in [2.05, 4.69) is 10.6 Å². The monoisotopic (exact) mass is 441 g/mol. The van der Waals surface area contributed by atoms with Crippen LogP contribution in [-0.2, 0) is 19.6 Å². The lowest BCUT2D eigenvalue weighted by Gasteiger charge is -2.27. The number of carbonyl (C=O) groups excluding carboxylic acids is 1. The molecule has 1 aliphatic rings. The molecule has 156 valence electrons. The lowest BCUT2D eigenvalue weighted by atomic mass is 10.2. The van der Waals surface area contributed by atoms with Crippen LogP contribution in [-0.4, -0.2) is 51.5 Å². The van der Waals surface area contributed by atoms with E-state index >= 15 is 0 Å². The average molecular weight is 442 g/mol. The molecular formula is C19H21ClFN3O4S. The zero-order valence-corrected chi connectivity index (χ0v) is 17.3. The van der Waals surface area contributed by atoms with E-state index < -0.39 is 21.7 Å². The number of anilines is 2. The first-order valence-electron chi connectivity index (χ1n) is 8.95. The van der Waals surface area contributed by atoms with Gasteiger partial charge >= 0.3 is 0 Å². The Balaban J connectivity index is 1.68. The second-order valence-electron chi connectivity index (χ2n) is 6.52. The predicted molar refractivity (Wildman–Crippen MR) is 109 cm³/mol. The van der Waals surface area contributed by atoms with E-state index in [1.165, 1.54) is 22.5 Å². The maximum absolute atomic E-state index is 13.1. The van der Waals surface area contributed by atoms with Crippen molar-refractivity contribution in [2.24, 2.45) is 0 Å². The minimum Gasteiger partial charge on any atom is -0.379 e. The molecule has 0 spiro atoms. The van der Waals surface area contributed by atoms with E-state index in [0.717, 1.165) is 6.07 Å². The summed E-state index contributed by atoms with van der Waals surface area (Å²) in [5, 5.41) is 5.57. The fraction of sp³-hybridized carbons (Fsp3) is 0.316. The van der Waals surface area contributed by atoms with E-state index in [4.69, 9.17) is 16.3 Å². The van der Waals surface area contributed by atoms with Crippen LogP contribution in [0, 0.1) is 12.7 Å². The summed E-state index contributed by atoms with van der Waals surface area (Å²) >= 11 is 5.90. The number of nitrogens with one attached hydrogen (secondary N) is 2. The van der Waals surface area contributed by atoms with Crippen molar-refractivity contribution in [2.45, 2.75) is 11.8 Å². The van der Waals surface area contributed by atoms with Gasteiger partial charge in [0, 0.05) is 18.8 Å². The van der Waals surface area contributed by atoms with Crippen LogP contribution in [0.25, 0.3) is 0 Å². The number of halogens is 2. The van der Waals surface area contributed by atoms with Gasteiger partial charge in [-0.2, -0.15) is 4.31 Å². The third kappa shape index (κ3) is 5.24. The van der Waals surface area contributed by atoms with Gasteiger partial charge in [0.25, 0.3) is 0 Å². The maximum atomic E-state index is 13.1. The van der Waals surface area contributed by atoms with Crippen molar-refractivity contribution in [3.63, 3.8) is 0 Å². The number of sulfonamides is 1. The Morgan fingerprint density at radius 2 is 1.93 bits per heavy atom. The molecule has 2 aromatic carbocycles. The minimum absolute atomic E-state index is 0.0903. The van der Waals surface area contributed by atoms with Crippen molar-refractivity contribution in [2.75, 3.05) is 43.5 Å². The maximum Gasteiger partial charge on any atom is 0.243 e. The summed E-state index contributed by atoms with van der Waals surface area (Å²) in [5.74, 6) is -0.906. The third-order valence-corrected chi connectivity index (χ3v) is 6.79. The van der Waals surface area contributed by atoms with Gasteiger partial charge in [-0.25, -0.2) is 12.8 Å². The van der Waals surface area contributed by atoms with Gasteiger partial charge in [0.1, 0.15) is 5.82 Å². The molecule has 0 unspecified atom stereocenters. The molecule has 1 saturated heterocycles. The van der Waals surface area contributed by atoms with Crippen LogP contribution >= 0.6 is 11.6 Å². The molecule has 1 aliphatic heterocycles. The van der Waals surface area contributed by atoms with Crippen LogP contribution in [0.3, 0.4) is 0 Å². The summed E-state index contributed by atoms with van der Waals surface area (Å²) < 4.78 is 45.5. The second-order valence-corrected chi connectivity index (χ2v) is 8.84. The Labute approximate surface area is 173 Å². The molecule has 2 N–H and O–H groups in total. The van der Waals surface area contributed by atoms with Crippen LogP contribution in [0.15, 0.2) is 41.3 Å². The zero-order valence-electron chi connectivity index (χ0n) is 15.7. The van der Waals surface area contributed by atoms with Crippen molar-refractivity contribution >= 4 is 38.9 Å². The predicted octanol–water partition coefficient (Wildman–Crippen LogP) is 2.86. The molecule has 0 aromatic heterocycles. The quantitative estimate of drug-likeness (QED) is 0.719. The lowest BCUT2D eigenvalue weighted by molar-refractivity contribution is -0.114. The van der Waals surface area contributed by atoms with Gasteiger partial charge in [0.05, 0.1) is 35.4 Å². The summed E-state index contributed by atoms with van der Waals surface area (Å²) in [7, 11) is -3.65. The summed E-state index contributed by atoms with van der Waals surface area (Å²) in [4.78, 5) is 12.3. The number of morpholine rings is 1. The summed E-state index contributed by atoms with van der Waals surface area (Å²) in [6.45, 7) is 2.94. The number of carbonyl (C=O) groups is 1. The number of amides is 1. The zero-order chi connectivity index (χ0) is 21.0. The molecule has 0 radical (unpaired) electrons. The highest BCUT2D eigenvalue weighted by molar-refractivity contribution is 7.89. The van der Waals surface area contributed by atoms with Crippen LogP contribution in [0.5, 0.6) is 0 Å². The Hall–Kier alpha value is -2.20. The van der Waals surface area contributed by atoms with E-state index in [-0.39, 0.29) is 16.5 Å². The first kappa shape index (κ1) is 21.5. The fourth-order valence-corrected chi connectivity index (χ4v) is 4.75. The number of hydrogen-bond donors (Lipinski definition) is 2. The number of nitrogens with zero attached hydrogens (tertiary/aromatic N) is 1. The van der Waals surface area contributed by atoms with Gasteiger partial charge in [0.2, 0.25) is 15.9 Å². The van der Waals surface area contributed by atoms with Gasteiger partial charge in [-0.1, -0.05) is 17.7 Å². The van der Waals surface area contributed by atoms with Crippen LogP contribution in [0.2, 0.25) is 5.02 Å². The van der Waals surface area contributed by atoms with Gasteiger partial charge in [-0.15, -0.1) is 0 Å². The molecule has 0 atom stereocenters. The smallest absolute Gasteiger partial charge is 0.243 e. The molecule has 29 heavy (non-hydrogen) atoms. The van der Waals surface area contributed by atoms with Crippen LogP contribution < -0.4 is 10.6 Å². The third-order valence-electron chi connectivity index (χ3n) is 4.43. The Morgan fingerprint density at radius 1 is 1.21 bits per heavy atom. The standard InChI is InChI=1S/C19H21ClFN3O4S/c1-13-2-4-15(11-18(13)29(26,27)24-6-8-28-9-7-24)22-12-19(25)23-17-5-3-14(21)10-16(17)20/h2-5,10-11,22H,6-9,12H2,1H3,(H,23,25). The first-order valence-corrected chi connectivity index (χ1v) is 10.8. The van der Waals surface area contributed by atoms with Crippen molar-refractivity contribution < 1.29 is 22.3 Å². The van der Waals surface area contributed by atoms with E-state index in [1.807, 2.05) is 0 Å². The lowest BCUT2D eigenvalue weighted by Crippen LogP contribution is -2.40. The number of ether oxygens (including phenoxy) is 1. The number of benzene rings is 2. The van der Waals surface area contributed by atoms with Gasteiger partial charge in [-0.3, -0.25) is 4.79 Å². The molecule has 3 rings (SSSR count). The molecule has 0 bridgehead atoms. The Bertz CT molecular complexity index is 1010. The molecule has 1 fully saturated rings. The normalized spacial score (nSPS) is 15.1. The topological polar surface area (TPSA) is 87.7 Å². The molecular weight excluding hydrogens is 421 g/mol. The Kier molecular flexibility index (Phi) is 6.74. The van der Waals surface area contributed by atoms with Gasteiger partial charge < -0.3 is 15.4 Å². The van der Waals surface area contributed by atoms with Gasteiger partial charge in [0.15, 0.2) is 0 Å². The summed E-state index contributed by atoms with van der Waals surface area (Å²) in [6.07, 6.45) is 0. The van der Waals surface area contributed by atoms with Crippen LogP contribution in [0.1, 0.15) is 5.56 Å². The summed E-state index contributed by atoms with van der Waals surface area (Å²) in [6, 6.07) is 8.56. The molecule has 0 saturated carbocycles. The van der Waals surface area contributed by atoms with Crippen molar-refractivity contribution in [3.05, 3.63) is 52.8 Å². The minimum atomic E-state index is -3.65. The van der Waals surface area contributed by atoms with Crippen molar-refractivity contribution in [1.29, 1.82) is 0 Å².